The molecule has 1 heterocycles. The Morgan fingerprint density at radius 3 is 2.41 bits per heavy atom. The van der Waals surface area contributed by atoms with Crippen molar-refractivity contribution < 1.29 is 29.3 Å². The minimum atomic E-state index is -2.11. The average Bonchev–Trinajstić information content (AvgIpc) is 3.03. The summed E-state index contributed by atoms with van der Waals surface area (Å²) in [4.78, 5) is 35.3. The number of carbonyl (C=O) groups excluding carboxylic acids is 2. The van der Waals surface area contributed by atoms with Crippen LogP contribution in [-0.4, -0.2) is 47.4 Å². The van der Waals surface area contributed by atoms with E-state index in [0.29, 0.717) is 5.56 Å². The van der Waals surface area contributed by atoms with Crippen molar-refractivity contribution in [3.05, 3.63) is 40.1 Å². The van der Waals surface area contributed by atoms with Gasteiger partial charge in [-0.25, -0.2) is 14.4 Å². The van der Waals surface area contributed by atoms with Crippen LogP contribution in [-0.2, 0) is 9.53 Å². The normalized spacial score (nSPS) is 12.7. The molecule has 0 aliphatic rings. The van der Waals surface area contributed by atoms with Gasteiger partial charge in [0.2, 0.25) is 0 Å². The van der Waals surface area contributed by atoms with Crippen molar-refractivity contribution in [3.63, 3.8) is 0 Å². The molecule has 0 aliphatic carbocycles. The van der Waals surface area contributed by atoms with Crippen molar-refractivity contribution >= 4 is 35.0 Å². The molecule has 0 bridgehead atoms. The van der Waals surface area contributed by atoms with Gasteiger partial charge in [-0.2, -0.15) is 0 Å². The molecule has 4 N–H and O–H groups in total. The second-order valence-corrected chi connectivity index (χ2v) is 6.98. The minimum absolute atomic E-state index is 0.202. The number of carbonyl (C=O) groups is 3. The maximum atomic E-state index is 12.2. The molecule has 2 amide bonds. The Kier molecular flexibility index (Phi) is 6.19. The Labute approximate surface area is 159 Å². The number of aryl methyl sites for hydroxylation is 1. The lowest BCUT2D eigenvalue weighted by Crippen LogP contribution is -2.47. The number of aliphatic hydroxyl groups is 1. The zero-order chi connectivity index (χ0) is 20.2. The summed E-state index contributed by atoms with van der Waals surface area (Å²) in [5, 5.41) is 25.1. The van der Waals surface area contributed by atoms with E-state index in [1.807, 2.05) is 31.2 Å². The molecule has 0 fully saturated rings. The van der Waals surface area contributed by atoms with E-state index in [1.165, 1.54) is 7.11 Å². The van der Waals surface area contributed by atoms with Crippen LogP contribution in [0.1, 0.15) is 22.2 Å². The topological polar surface area (TPSA) is 125 Å². The van der Waals surface area contributed by atoms with E-state index in [0.717, 1.165) is 29.4 Å². The van der Waals surface area contributed by atoms with Gasteiger partial charge in [-0.05, 0) is 19.4 Å². The summed E-state index contributed by atoms with van der Waals surface area (Å²) in [6.07, 6.45) is 0. The maximum Gasteiger partial charge on any atom is 0.350 e. The molecule has 0 saturated carbocycles. The molecule has 144 valence electrons. The fourth-order valence-corrected chi connectivity index (χ4v) is 3.10. The molecule has 0 aliphatic heterocycles. The fourth-order valence-electron chi connectivity index (χ4n) is 2.16. The number of carboxylic acid groups (broad SMARTS) is 1. The number of thiophene rings is 1. The van der Waals surface area contributed by atoms with Crippen LogP contribution in [0.4, 0.5) is 10.5 Å². The van der Waals surface area contributed by atoms with Crippen LogP contribution in [0.15, 0.2) is 29.6 Å². The number of urea groups is 1. The molecular weight excluding hydrogens is 372 g/mol. The zero-order valence-corrected chi connectivity index (χ0v) is 15.8. The summed E-state index contributed by atoms with van der Waals surface area (Å²) in [5.41, 5.74) is 0.616. The van der Waals surface area contributed by atoms with E-state index >= 15 is 0 Å². The Morgan fingerprint density at radius 2 is 1.85 bits per heavy atom. The molecule has 2 rings (SSSR count). The van der Waals surface area contributed by atoms with Crippen LogP contribution < -0.4 is 10.6 Å². The van der Waals surface area contributed by atoms with Crippen molar-refractivity contribution in [2.24, 2.45) is 0 Å². The Balaban J connectivity index is 2.29. The van der Waals surface area contributed by atoms with E-state index in [-0.39, 0.29) is 10.6 Å². The number of ether oxygens (including phenoxy) is 1. The van der Waals surface area contributed by atoms with Gasteiger partial charge in [0.15, 0.2) is 5.60 Å². The highest BCUT2D eigenvalue weighted by Gasteiger charge is 2.30. The van der Waals surface area contributed by atoms with Gasteiger partial charge in [-0.1, -0.05) is 29.8 Å². The van der Waals surface area contributed by atoms with E-state index in [9.17, 15) is 19.5 Å². The Hall–Kier alpha value is -2.91. The summed E-state index contributed by atoms with van der Waals surface area (Å²) >= 11 is 1.12. The summed E-state index contributed by atoms with van der Waals surface area (Å²) < 4.78 is 4.75. The lowest BCUT2D eigenvalue weighted by molar-refractivity contribution is -0.155. The zero-order valence-electron chi connectivity index (χ0n) is 15.0. The molecule has 1 aromatic heterocycles. The molecule has 0 saturated heterocycles. The summed E-state index contributed by atoms with van der Waals surface area (Å²) in [7, 11) is 1.24. The SMILES string of the molecule is COC(=O)c1scc(-c2ccc(C)cc2)c1NC(=O)NCC(C)(O)C(=O)O. The average molecular weight is 392 g/mol. The summed E-state index contributed by atoms with van der Waals surface area (Å²) in [6.45, 7) is 2.50. The number of carboxylic acids is 1. The first-order chi connectivity index (χ1) is 12.7. The molecule has 1 atom stereocenters. The van der Waals surface area contributed by atoms with Crippen LogP contribution in [0.3, 0.4) is 0 Å². The molecule has 9 heteroatoms. The number of amides is 2. The van der Waals surface area contributed by atoms with E-state index in [4.69, 9.17) is 9.84 Å². The van der Waals surface area contributed by atoms with Gasteiger partial charge in [0.25, 0.3) is 0 Å². The van der Waals surface area contributed by atoms with Crippen molar-refractivity contribution in [2.45, 2.75) is 19.4 Å². The largest absolute Gasteiger partial charge is 0.479 e. The van der Waals surface area contributed by atoms with Gasteiger partial charge >= 0.3 is 18.0 Å². The highest BCUT2D eigenvalue weighted by atomic mass is 32.1. The third-order valence-electron chi connectivity index (χ3n) is 3.82. The highest BCUT2D eigenvalue weighted by molar-refractivity contribution is 7.13. The predicted octanol–water partition coefficient (Wildman–Crippen LogP) is 2.47. The number of aliphatic carboxylic acids is 1. The molecule has 0 radical (unpaired) electrons. The van der Waals surface area contributed by atoms with Crippen LogP contribution in [0, 0.1) is 6.92 Å². The highest BCUT2D eigenvalue weighted by Crippen LogP contribution is 2.37. The number of benzene rings is 1. The van der Waals surface area contributed by atoms with Crippen molar-refractivity contribution in [2.75, 3.05) is 19.0 Å². The minimum Gasteiger partial charge on any atom is -0.479 e. The molecular formula is C18H20N2O6S. The number of rotatable bonds is 6. The van der Waals surface area contributed by atoms with Gasteiger partial charge in [0, 0.05) is 10.9 Å². The van der Waals surface area contributed by atoms with Gasteiger partial charge in [-0.3, -0.25) is 0 Å². The first-order valence-corrected chi connectivity index (χ1v) is 8.81. The lowest BCUT2D eigenvalue weighted by Gasteiger charge is -2.18. The van der Waals surface area contributed by atoms with E-state index in [1.54, 1.807) is 5.38 Å². The van der Waals surface area contributed by atoms with Gasteiger partial charge in [-0.15, -0.1) is 11.3 Å². The summed E-state index contributed by atoms with van der Waals surface area (Å²) in [6, 6.07) is 6.76. The van der Waals surface area contributed by atoms with Crippen molar-refractivity contribution in [1.29, 1.82) is 0 Å². The number of hydrogen-bond acceptors (Lipinski definition) is 6. The molecule has 8 nitrogen and oxygen atoms in total. The number of esters is 1. The summed E-state index contributed by atoms with van der Waals surface area (Å²) in [5.74, 6) is -2.07. The van der Waals surface area contributed by atoms with Crippen LogP contribution in [0.5, 0.6) is 0 Å². The fraction of sp³-hybridized carbons (Fsp3) is 0.278. The third kappa shape index (κ3) is 4.83. The molecule has 0 spiro atoms. The van der Waals surface area contributed by atoms with Gasteiger partial charge in [0.1, 0.15) is 4.88 Å². The van der Waals surface area contributed by atoms with Gasteiger partial charge < -0.3 is 25.6 Å². The predicted molar refractivity (Wildman–Crippen MR) is 101 cm³/mol. The smallest absolute Gasteiger partial charge is 0.350 e. The molecule has 27 heavy (non-hydrogen) atoms. The van der Waals surface area contributed by atoms with Crippen LogP contribution >= 0.6 is 11.3 Å². The van der Waals surface area contributed by atoms with E-state index in [2.05, 4.69) is 10.6 Å². The van der Waals surface area contributed by atoms with Crippen molar-refractivity contribution in [1.82, 2.24) is 5.32 Å². The number of hydrogen-bond donors (Lipinski definition) is 4. The van der Waals surface area contributed by atoms with Gasteiger partial charge in [0.05, 0.1) is 19.3 Å². The Bertz CT molecular complexity index is 857. The molecule has 1 unspecified atom stereocenters. The first-order valence-electron chi connectivity index (χ1n) is 7.93. The Morgan fingerprint density at radius 1 is 1.22 bits per heavy atom. The maximum absolute atomic E-state index is 12.2. The second-order valence-electron chi connectivity index (χ2n) is 6.10. The van der Waals surface area contributed by atoms with Crippen LogP contribution in [0.25, 0.3) is 11.1 Å². The van der Waals surface area contributed by atoms with E-state index < -0.39 is 30.1 Å². The second kappa shape index (κ2) is 8.19. The monoisotopic (exact) mass is 392 g/mol. The molecule has 1 aromatic carbocycles. The quantitative estimate of drug-likeness (QED) is 0.560. The first kappa shape index (κ1) is 20.4. The number of anilines is 1. The van der Waals surface area contributed by atoms with Crippen molar-refractivity contribution in [3.8, 4) is 11.1 Å². The third-order valence-corrected chi connectivity index (χ3v) is 4.78. The lowest BCUT2D eigenvalue weighted by atomic mass is 10.1. The number of nitrogens with one attached hydrogen (secondary N) is 2. The molecule has 2 aromatic rings. The number of methoxy groups -OCH3 is 1. The van der Waals surface area contributed by atoms with Crippen LogP contribution in [0.2, 0.25) is 0 Å². The standard InChI is InChI=1S/C18H20N2O6S/c1-10-4-6-11(7-5-10)12-8-27-14(15(21)26-3)13(12)20-17(24)19-9-18(2,25)16(22)23/h4-8,25H,9H2,1-3H3,(H,22,23)(H2,19,20,24).